The van der Waals surface area contributed by atoms with Gasteiger partial charge in [-0.05, 0) is 18.4 Å². The maximum atomic E-state index is 5.72. The van der Waals surface area contributed by atoms with Crippen LogP contribution in [0.2, 0.25) is 0 Å². The summed E-state index contributed by atoms with van der Waals surface area (Å²) in [6, 6.07) is 8.44. The van der Waals surface area contributed by atoms with E-state index in [0.717, 1.165) is 18.3 Å². The molecule has 16 heavy (non-hydrogen) atoms. The number of alkyl halides is 1. The van der Waals surface area contributed by atoms with E-state index in [9.17, 15) is 0 Å². The van der Waals surface area contributed by atoms with Crippen LogP contribution >= 0.6 is 15.9 Å². The molecule has 0 fully saturated rings. The summed E-state index contributed by atoms with van der Waals surface area (Å²) in [5, 5.41) is 0. The molecule has 2 heteroatoms. The fourth-order valence-corrected chi connectivity index (χ4v) is 3.06. The second-order valence-electron chi connectivity index (χ2n) is 4.63. The summed E-state index contributed by atoms with van der Waals surface area (Å²) >= 11 is 3.71. The van der Waals surface area contributed by atoms with E-state index >= 15 is 0 Å². The fourth-order valence-electron chi connectivity index (χ4n) is 2.47. The quantitative estimate of drug-likeness (QED) is 0.746. The number of rotatable bonds is 4. The van der Waals surface area contributed by atoms with Crippen molar-refractivity contribution in [3.05, 3.63) is 29.8 Å². The minimum atomic E-state index is 0.584. The molecule has 0 aliphatic carbocycles. The van der Waals surface area contributed by atoms with E-state index in [2.05, 4.69) is 48.0 Å². The van der Waals surface area contributed by atoms with Crippen molar-refractivity contribution in [2.75, 3.05) is 6.61 Å². The van der Waals surface area contributed by atoms with Crippen LogP contribution in [-0.2, 0) is 0 Å². The van der Waals surface area contributed by atoms with Gasteiger partial charge in [-0.3, -0.25) is 0 Å². The summed E-state index contributed by atoms with van der Waals surface area (Å²) in [6.07, 6.45) is 2.45. The first-order valence-electron chi connectivity index (χ1n) is 6.08. The lowest BCUT2D eigenvalue weighted by Crippen LogP contribution is -2.15. The van der Waals surface area contributed by atoms with Gasteiger partial charge in [0.25, 0.3) is 0 Å². The molecule has 0 N–H and O–H groups in total. The Morgan fingerprint density at radius 3 is 2.88 bits per heavy atom. The number of ether oxygens (including phenoxy) is 1. The predicted molar refractivity (Wildman–Crippen MR) is 71.5 cm³/mol. The first-order chi connectivity index (χ1) is 7.72. The third-order valence-corrected chi connectivity index (χ3v) is 4.31. The molecule has 1 aromatic rings. The number of benzene rings is 1. The van der Waals surface area contributed by atoms with Crippen molar-refractivity contribution < 1.29 is 4.74 Å². The highest BCUT2D eigenvalue weighted by molar-refractivity contribution is 9.09. The van der Waals surface area contributed by atoms with Crippen LogP contribution < -0.4 is 4.74 Å². The zero-order valence-electron chi connectivity index (χ0n) is 9.95. The molecule has 1 nitrogen and oxygen atoms in total. The van der Waals surface area contributed by atoms with Gasteiger partial charge in [0.15, 0.2) is 0 Å². The Kier molecular flexibility index (Phi) is 3.91. The molecule has 0 spiro atoms. The Labute approximate surface area is 106 Å². The monoisotopic (exact) mass is 282 g/mol. The van der Waals surface area contributed by atoms with Gasteiger partial charge >= 0.3 is 0 Å². The minimum absolute atomic E-state index is 0.584. The number of fused-ring (bicyclic) bond motifs is 1. The van der Waals surface area contributed by atoms with E-state index in [4.69, 9.17) is 4.74 Å². The molecule has 0 bridgehead atoms. The molecular formula is C14H19BrO. The molecule has 3 atom stereocenters. The Bertz CT molecular complexity index is 348. The summed E-state index contributed by atoms with van der Waals surface area (Å²) < 4.78 is 5.72. The lowest BCUT2D eigenvalue weighted by Gasteiger charge is -2.20. The van der Waals surface area contributed by atoms with Crippen LogP contribution in [0.15, 0.2) is 24.3 Å². The maximum absolute atomic E-state index is 5.72. The van der Waals surface area contributed by atoms with Crippen LogP contribution in [-0.4, -0.2) is 11.4 Å². The molecule has 88 valence electrons. The highest BCUT2D eigenvalue weighted by Gasteiger charge is 2.27. The molecule has 0 aromatic heterocycles. The van der Waals surface area contributed by atoms with Gasteiger partial charge in [-0.1, -0.05) is 54.4 Å². The first kappa shape index (κ1) is 12.0. The van der Waals surface area contributed by atoms with Crippen LogP contribution in [0.3, 0.4) is 0 Å². The fraction of sp³-hybridized carbons (Fsp3) is 0.571. The number of hydrogen-bond acceptors (Lipinski definition) is 1. The topological polar surface area (TPSA) is 9.23 Å². The Morgan fingerprint density at radius 1 is 1.44 bits per heavy atom. The smallest absolute Gasteiger partial charge is 0.122 e. The second-order valence-corrected chi connectivity index (χ2v) is 6.07. The van der Waals surface area contributed by atoms with Gasteiger partial charge in [0.05, 0.1) is 6.61 Å². The van der Waals surface area contributed by atoms with E-state index in [1.165, 1.54) is 18.4 Å². The Balaban J connectivity index is 2.08. The standard InChI is InChI=1S/C14H19BrO/c1-3-11(10(2)15)8-12-9-16-14-7-5-4-6-13(12)14/h4-7,10-12H,3,8-9H2,1-2H3. The molecule has 1 heterocycles. The first-order valence-corrected chi connectivity index (χ1v) is 6.99. The third-order valence-electron chi connectivity index (χ3n) is 3.56. The van der Waals surface area contributed by atoms with Gasteiger partial charge in [-0.2, -0.15) is 0 Å². The molecule has 0 saturated heterocycles. The molecule has 3 unspecified atom stereocenters. The highest BCUT2D eigenvalue weighted by atomic mass is 79.9. The van der Waals surface area contributed by atoms with Crippen LogP contribution in [0, 0.1) is 5.92 Å². The average Bonchev–Trinajstić information content (AvgIpc) is 2.69. The van der Waals surface area contributed by atoms with E-state index in [-0.39, 0.29) is 0 Å². The zero-order chi connectivity index (χ0) is 11.5. The molecule has 1 aromatic carbocycles. The van der Waals surface area contributed by atoms with Crippen molar-refractivity contribution in [3.8, 4) is 5.75 Å². The molecule has 0 amide bonds. The van der Waals surface area contributed by atoms with E-state index in [1.807, 2.05) is 6.07 Å². The van der Waals surface area contributed by atoms with Gasteiger partial charge in [0, 0.05) is 16.3 Å². The van der Waals surface area contributed by atoms with Gasteiger partial charge in [-0.15, -0.1) is 0 Å². The SMILES string of the molecule is CCC(CC1COc2ccccc21)C(C)Br. The molecule has 0 radical (unpaired) electrons. The summed E-state index contributed by atoms with van der Waals surface area (Å²) in [7, 11) is 0. The van der Waals surface area contributed by atoms with Gasteiger partial charge in [-0.25, -0.2) is 0 Å². The molecule has 2 rings (SSSR count). The molecule has 1 aliphatic heterocycles. The highest BCUT2D eigenvalue weighted by Crippen LogP contribution is 2.39. The predicted octanol–water partition coefficient (Wildman–Crippen LogP) is 4.36. The van der Waals surface area contributed by atoms with Crippen molar-refractivity contribution >= 4 is 15.9 Å². The van der Waals surface area contributed by atoms with Crippen molar-refractivity contribution in [1.29, 1.82) is 0 Å². The molecular weight excluding hydrogens is 264 g/mol. The largest absolute Gasteiger partial charge is 0.493 e. The lowest BCUT2D eigenvalue weighted by molar-refractivity contribution is 0.303. The third kappa shape index (κ3) is 2.42. The summed E-state index contributed by atoms with van der Waals surface area (Å²) in [4.78, 5) is 0.588. The van der Waals surface area contributed by atoms with Crippen LogP contribution in [0.25, 0.3) is 0 Å². The van der Waals surface area contributed by atoms with Gasteiger partial charge < -0.3 is 4.74 Å². The summed E-state index contributed by atoms with van der Waals surface area (Å²) in [5.41, 5.74) is 1.40. The zero-order valence-corrected chi connectivity index (χ0v) is 11.5. The second kappa shape index (κ2) is 5.22. The number of hydrogen-bond donors (Lipinski definition) is 0. The molecule has 0 saturated carbocycles. The minimum Gasteiger partial charge on any atom is -0.493 e. The van der Waals surface area contributed by atoms with Gasteiger partial charge in [0.1, 0.15) is 5.75 Å². The van der Waals surface area contributed by atoms with Gasteiger partial charge in [0.2, 0.25) is 0 Å². The summed E-state index contributed by atoms with van der Waals surface area (Å²) in [5.74, 6) is 2.41. The van der Waals surface area contributed by atoms with E-state index < -0.39 is 0 Å². The normalized spacial score (nSPS) is 22.3. The van der Waals surface area contributed by atoms with Crippen molar-refractivity contribution in [2.24, 2.45) is 5.92 Å². The van der Waals surface area contributed by atoms with Crippen molar-refractivity contribution in [3.63, 3.8) is 0 Å². The summed E-state index contributed by atoms with van der Waals surface area (Å²) in [6.45, 7) is 5.37. The van der Waals surface area contributed by atoms with Crippen molar-refractivity contribution in [1.82, 2.24) is 0 Å². The number of para-hydroxylation sites is 1. The van der Waals surface area contributed by atoms with Crippen LogP contribution in [0.1, 0.15) is 38.2 Å². The maximum Gasteiger partial charge on any atom is 0.122 e. The van der Waals surface area contributed by atoms with E-state index in [0.29, 0.717) is 10.7 Å². The molecule has 1 aliphatic rings. The average molecular weight is 283 g/mol. The Hall–Kier alpha value is -0.500. The Morgan fingerprint density at radius 2 is 2.19 bits per heavy atom. The lowest BCUT2D eigenvalue weighted by atomic mass is 9.87. The van der Waals surface area contributed by atoms with E-state index in [1.54, 1.807) is 0 Å². The number of halogens is 1. The van der Waals surface area contributed by atoms with Crippen LogP contribution in [0.4, 0.5) is 0 Å². The van der Waals surface area contributed by atoms with Crippen LogP contribution in [0.5, 0.6) is 5.75 Å². The van der Waals surface area contributed by atoms with Crippen molar-refractivity contribution in [2.45, 2.75) is 37.4 Å².